The molecule has 2 nitrogen and oxygen atoms in total. The van der Waals surface area contributed by atoms with E-state index in [1.165, 1.54) is 11.1 Å². The van der Waals surface area contributed by atoms with Gasteiger partial charge in [-0.25, -0.2) is 0 Å². The Morgan fingerprint density at radius 3 is 2.10 bits per heavy atom. The molecule has 0 spiro atoms. The van der Waals surface area contributed by atoms with Crippen LogP contribution < -0.4 is 0 Å². The lowest BCUT2D eigenvalue weighted by Gasteiger charge is -2.27. The smallest absolute Gasteiger partial charge is 0.0707 e. The van der Waals surface area contributed by atoms with E-state index in [0.29, 0.717) is 19.0 Å². The van der Waals surface area contributed by atoms with E-state index in [4.69, 9.17) is 0 Å². The van der Waals surface area contributed by atoms with Crippen molar-refractivity contribution in [2.75, 3.05) is 13.6 Å². The summed E-state index contributed by atoms with van der Waals surface area (Å²) in [5.74, 6) is 0. The maximum absolute atomic E-state index is 10.2. The number of aliphatic hydroxyl groups excluding tert-OH is 1. The summed E-state index contributed by atoms with van der Waals surface area (Å²) in [6.45, 7) is 2.84. The molecule has 20 heavy (non-hydrogen) atoms. The fourth-order valence-corrected chi connectivity index (χ4v) is 2.43. The van der Waals surface area contributed by atoms with Crippen molar-refractivity contribution in [3.8, 4) is 0 Å². The number of nitrogens with zero attached hydrogens (tertiary/aromatic N) is 1. The first-order chi connectivity index (χ1) is 9.66. The lowest BCUT2D eigenvalue weighted by molar-refractivity contribution is 0.108. The highest BCUT2D eigenvalue weighted by atomic mass is 16.3. The predicted molar refractivity (Wildman–Crippen MR) is 83.6 cm³/mol. The predicted octanol–water partition coefficient (Wildman–Crippen LogP) is 3.28. The number of hydrogen-bond acceptors (Lipinski definition) is 2. The van der Waals surface area contributed by atoms with E-state index in [-0.39, 0.29) is 6.10 Å². The zero-order valence-corrected chi connectivity index (χ0v) is 12.2. The second-order valence-electron chi connectivity index (χ2n) is 5.37. The van der Waals surface area contributed by atoms with Crippen molar-refractivity contribution in [3.05, 3.63) is 71.8 Å². The minimum Gasteiger partial charge on any atom is -0.391 e. The molecule has 2 heteroatoms. The highest BCUT2D eigenvalue weighted by Gasteiger charge is 2.15. The second kappa shape index (κ2) is 7.22. The first-order valence-corrected chi connectivity index (χ1v) is 7.14. The topological polar surface area (TPSA) is 23.5 Å². The van der Waals surface area contributed by atoms with Gasteiger partial charge in [-0.2, -0.15) is 0 Å². The van der Waals surface area contributed by atoms with Gasteiger partial charge in [0.25, 0.3) is 0 Å². The molecule has 0 bridgehead atoms. The summed E-state index contributed by atoms with van der Waals surface area (Å²) < 4.78 is 0. The monoisotopic (exact) mass is 269 g/mol. The average Bonchev–Trinajstić information content (AvgIpc) is 2.48. The van der Waals surface area contributed by atoms with Crippen molar-refractivity contribution in [1.29, 1.82) is 0 Å². The van der Waals surface area contributed by atoms with Crippen molar-refractivity contribution in [2.24, 2.45) is 0 Å². The zero-order valence-electron chi connectivity index (χ0n) is 12.2. The number of rotatable bonds is 6. The highest BCUT2D eigenvalue weighted by Crippen LogP contribution is 2.18. The maximum Gasteiger partial charge on any atom is 0.0707 e. The van der Waals surface area contributed by atoms with Crippen LogP contribution in [0.1, 0.15) is 24.1 Å². The molecule has 0 fully saturated rings. The first-order valence-electron chi connectivity index (χ1n) is 7.14. The second-order valence-corrected chi connectivity index (χ2v) is 5.37. The fourth-order valence-electron chi connectivity index (χ4n) is 2.43. The molecule has 0 radical (unpaired) electrons. The summed E-state index contributed by atoms with van der Waals surface area (Å²) in [5.41, 5.74) is 2.46. The molecule has 0 aliphatic carbocycles. The molecule has 2 rings (SSSR count). The zero-order chi connectivity index (χ0) is 14.4. The Hall–Kier alpha value is -1.64. The summed E-state index contributed by atoms with van der Waals surface area (Å²) in [6.07, 6.45) is 0.362. The van der Waals surface area contributed by atoms with Crippen LogP contribution >= 0.6 is 0 Å². The Kier molecular flexibility index (Phi) is 5.33. The molecule has 0 amide bonds. The van der Waals surface area contributed by atoms with Crippen LogP contribution in [-0.2, 0) is 6.42 Å². The van der Waals surface area contributed by atoms with Crippen molar-refractivity contribution in [3.63, 3.8) is 0 Å². The number of aliphatic hydroxyl groups is 1. The minimum atomic E-state index is -0.339. The van der Waals surface area contributed by atoms with E-state index in [9.17, 15) is 5.11 Å². The van der Waals surface area contributed by atoms with Crippen LogP contribution in [0, 0.1) is 0 Å². The van der Waals surface area contributed by atoms with Gasteiger partial charge in [-0.3, -0.25) is 4.90 Å². The third kappa shape index (κ3) is 4.19. The number of benzene rings is 2. The van der Waals surface area contributed by atoms with Crippen LogP contribution in [0.3, 0.4) is 0 Å². The lowest BCUT2D eigenvalue weighted by atomic mass is 10.0. The molecule has 0 aliphatic rings. The molecule has 0 aromatic heterocycles. The summed E-state index contributed by atoms with van der Waals surface area (Å²) in [5, 5.41) is 10.2. The van der Waals surface area contributed by atoms with E-state index in [1.807, 2.05) is 24.3 Å². The lowest BCUT2D eigenvalue weighted by Crippen LogP contribution is -2.32. The first kappa shape index (κ1) is 14.8. The number of hydrogen-bond donors (Lipinski definition) is 1. The Bertz CT molecular complexity index is 497. The Morgan fingerprint density at radius 2 is 1.50 bits per heavy atom. The minimum absolute atomic E-state index is 0.307. The molecule has 2 aromatic carbocycles. The van der Waals surface area contributed by atoms with E-state index >= 15 is 0 Å². The van der Waals surface area contributed by atoms with E-state index in [0.717, 1.165) is 0 Å². The maximum atomic E-state index is 10.2. The number of likely N-dealkylation sites (N-methyl/N-ethyl adjacent to an activating group) is 1. The third-order valence-corrected chi connectivity index (χ3v) is 3.76. The van der Waals surface area contributed by atoms with Crippen LogP contribution in [0.5, 0.6) is 0 Å². The molecule has 106 valence electrons. The van der Waals surface area contributed by atoms with Gasteiger partial charge in [0, 0.05) is 12.6 Å². The summed E-state index contributed by atoms with van der Waals surface area (Å²) >= 11 is 0. The van der Waals surface area contributed by atoms with Crippen molar-refractivity contribution in [2.45, 2.75) is 25.5 Å². The molecule has 2 aromatic rings. The molecular weight excluding hydrogens is 246 g/mol. The van der Waals surface area contributed by atoms with Crippen molar-refractivity contribution >= 4 is 0 Å². The molecule has 0 heterocycles. The normalized spacial score (nSPS) is 14.2. The summed E-state index contributed by atoms with van der Waals surface area (Å²) in [6, 6.07) is 20.8. The van der Waals surface area contributed by atoms with E-state index in [1.54, 1.807) is 0 Å². The van der Waals surface area contributed by atoms with Gasteiger partial charge in [-0.05, 0) is 31.5 Å². The van der Waals surface area contributed by atoms with Gasteiger partial charge in [-0.15, -0.1) is 0 Å². The SMILES string of the molecule is C[C@H](c1ccccc1)N(C)CC(O)Cc1ccccc1. The molecule has 1 N–H and O–H groups in total. The quantitative estimate of drug-likeness (QED) is 0.870. The third-order valence-electron chi connectivity index (χ3n) is 3.76. The molecule has 0 saturated carbocycles. The van der Waals surface area contributed by atoms with Crippen LogP contribution in [0.4, 0.5) is 0 Å². The van der Waals surface area contributed by atoms with Crippen LogP contribution in [0.2, 0.25) is 0 Å². The van der Waals surface area contributed by atoms with E-state index < -0.39 is 0 Å². The Balaban J connectivity index is 1.89. The van der Waals surface area contributed by atoms with Gasteiger partial charge in [0.1, 0.15) is 0 Å². The molecular formula is C18H23NO. The van der Waals surface area contributed by atoms with Gasteiger partial charge >= 0.3 is 0 Å². The highest BCUT2D eigenvalue weighted by molar-refractivity contribution is 5.18. The van der Waals surface area contributed by atoms with E-state index in [2.05, 4.69) is 55.3 Å². The standard InChI is InChI=1S/C18H23NO/c1-15(17-11-7-4-8-12-17)19(2)14-18(20)13-16-9-5-3-6-10-16/h3-12,15,18,20H,13-14H2,1-2H3/t15-,18?/m1/s1. The van der Waals surface area contributed by atoms with Crippen molar-refractivity contribution in [1.82, 2.24) is 4.90 Å². The van der Waals surface area contributed by atoms with Gasteiger partial charge in [-0.1, -0.05) is 60.7 Å². The Labute approximate surface area is 121 Å². The molecule has 0 aliphatic heterocycles. The van der Waals surface area contributed by atoms with Gasteiger partial charge in [0.05, 0.1) is 6.10 Å². The molecule has 1 unspecified atom stereocenters. The van der Waals surface area contributed by atoms with Crippen molar-refractivity contribution < 1.29 is 5.11 Å². The van der Waals surface area contributed by atoms with Gasteiger partial charge in [0.15, 0.2) is 0 Å². The summed E-state index contributed by atoms with van der Waals surface area (Å²) in [4.78, 5) is 2.20. The van der Waals surface area contributed by atoms with Gasteiger partial charge < -0.3 is 5.11 Å². The van der Waals surface area contributed by atoms with Crippen LogP contribution in [-0.4, -0.2) is 29.7 Å². The molecule has 2 atom stereocenters. The summed E-state index contributed by atoms with van der Waals surface area (Å²) in [7, 11) is 2.06. The van der Waals surface area contributed by atoms with Crippen LogP contribution in [0.15, 0.2) is 60.7 Å². The fraction of sp³-hybridized carbons (Fsp3) is 0.333. The average molecular weight is 269 g/mol. The molecule has 0 saturated heterocycles. The van der Waals surface area contributed by atoms with Gasteiger partial charge in [0.2, 0.25) is 0 Å². The Morgan fingerprint density at radius 1 is 0.950 bits per heavy atom. The van der Waals surface area contributed by atoms with Crippen LogP contribution in [0.25, 0.3) is 0 Å². The largest absolute Gasteiger partial charge is 0.391 e.